The summed E-state index contributed by atoms with van der Waals surface area (Å²) in [5.41, 5.74) is 3.08. The third-order valence-corrected chi connectivity index (χ3v) is 6.46. The third kappa shape index (κ3) is 5.48. The molecule has 0 aliphatic carbocycles. The minimum Gasteiger partial charge on any atom is -0.497 e. The SMILES string of the molecule is COc1ccc([C@H](C)NC(=O)CN(c2cc(C)ccc2C)S(=O)(=O)N(C)C)cc1. The minimum atomic E-state index is -3.85. The summed E-state index contributed by atoms with van der Waals surface area (Å²) >= 11 is 0. The van der Waals surface area contributed by atoms with Crippen molar-refractivity contribution in [3.63, 3.8) is 0 Å². The average Bonchev–Trinajstić information content (AvgIpc) is 2.68. The van der Waals surface area contributed by atoms with Gasteiger partial charge in [-0.3, -0.25) is 4.79 Å². The van der Waals surface area contributed by atoms with Crippen molar-refractivity contribution in [1.82, 2.24) is 9.62 Å². The van der Waals surface area contributed by atoms with Gasteiger partial charge in [-0.1, -0.05) is 24.3 Å². The molecule has 0 unspecified atom stereocenters. The second-order valence-corrected chi connectivity index (χ2v) is 9.22. The van der Waals surface area contributed by atoms with E-state index in [1.54, 1.807) is 13.2 Å². The van der Waals surface area contributed by atoms with Gasteiger partial charge >= 0.3 is 10.2 Å². The summed E-state index contributed by atoms with van der Waals surface area (Å²) in [7, 11) is 0.644. The fourth-order valence-corrected chi connectivity index (χ4v) is 3.99. The maximum atomic E-state index is 12.9. The minimum absolute atomic E-state index is 0.282. The van der Waals surface area contributed by atoms with Crippen molar-refractivity contribution in [2.45, 2.75) is 26.8 Å². The first-order valence-electron chi connectivity index (χ1n) is 9.27. The highest BCUT2D eigenvalue weighted by Crippen LogP contribution is 2.25. The highest BCUT2D eigenvalue weighted by atomic mass is 32.2. The van der Waals surface area contributed by atoms with Gasteiger partial charge in [-0.05, 0) is 55.7 Å². The van der Waals surface area contributed by atoms with E-state index in [2.05, 4.69) is 5.32 Å². The Morgan fingerprint density at radius 1 is 1.10 bits per heavy atom. The van der Waals surface area contributed by atoms with E-state index in [4.69, 9.17) is 4.74 Å². The van der Waals surface area contributed by atoms with E-state index in [1.807, 2.05) is 57.2 Å². The van der Waals surface area contributed by atoms with Crippen molar-refractivity contribution in [2.75, 3.05) is 32.1 Å². The Balaban J connectivity index is 2.26. The van der Waals surface area contributed by atoms with Gasteiger partial charge in [0.25, 0.3) is 0 Å². The van der Waals surface area contributed by atoms with Gasteiger partial charge < -0.3 is 10.1 Å². The van der Waals surface area contributed by atoms with Crippen molar-refractivity contribution >= 4 is 21.8 Å². The van der Waals surface area contributed by atoms with Crippen LogP contribution in [0.3, 0.4) is 0 Å². The maximum absolute atomic E-state index is 12.9. The predicted octanol–water partition coefficient (Wildman–Crippen LogP) is 2.80. The number of carbonyl (C=O) groups excluding carboxylic acids is 1. The van der Waals surface area contributed by atoms with Crippen molar-refractivity contribution < 1.29 is 17.9 Å². The molecule has 0 heterocycles. The van der Waals surface area contributed by atoms with Crippen molar-refractivity contribution in [2.24, 2.45) is 0 Å². The number of hydrogen-bond acceptors (Lipinski definition) is 4. The number of benzene rings is 2. The summed E-state index contributed by atoms with van der Waals surface area (Å²) in [4.78, 5) is 12.7. The smallest absolute Gasteiger partial charge is 0.304 e. The zero-order valence-corrected chi connectivity index (χ0v) is 18.6. The van der Waals surface area contributed by atoms with E-state index in [0.717, 1.165) is 31.1 Å². The molecule has 2 rings (SSSR count). The number of hydrogen-bond donors (Lipinski definition) is 1. The van der Waals surface area contributed by atoms with Crippen LogP contribution in [0.5, 0.6) is 5.75 Å². The Kier molecular flexibility index (Phi) is 7.26. The number of aryl methyl sites for hydroxylation is 2. The Morgan fingerprint density at radius 2 is 1.72 bits per heavy atom. The molecule has 0 aromatic heterocycles. The summed E-state index contributed by atoms with van der Waals surface area (Å²) in [5, 5.41) is 2.87. The van der Waals surface area contributed by atoms with Gasteiger partial charge in [-0.25, -0.2) is 4.31 Å². The molecular weight excluding hydrogens is 390 g/mol. The molecule has 158 valence electrons. The first-order valence-corrected chi connectivity index (χ1v) is 10.7. The molecule has 0 aliphatic heterocycles. The Hall–Kier alpha value is -2.58. The van der Waals surface area contributed by atoms with Crippen LogP contribution >= 0.6 is 0 Å². The number of amides is 1. The quantitative estimate of drug-likeness (QED) is 0.714. The van der Waals surface area contributed by atoms with Crippen LogP contribution in [0.2, 0.25) is 0 Å². The maximum Gasteiger partial charge on any atom is 0.304 e. The van der Waals surface area contributed by atoms with Gasteiger partial charge in [0.2, 0.25) is 5.91 Å². The first-order chi connectivity index (χ1) is 13.6. The van der Waals surface area contributed by atoms with E-state index in [1.165, 1.54) is 14.1 Å². The third-order valence-electron chi connectivity index (χ3n) is 4.65. The fourth-order valence-electron chi connectivity index (χ4n) is 2.87. The molecule has 1 atom stereocenters. The topological polar surface area (TPSA) is 79.0 Å². The number of ether oxygens (including phenoxy) is 1. The lowest BCUT2D eigenvalue weighted by atomic mass is 10.1. The Morgan fingerprint density at radius 3 is 2.28 bits per heavy atom. The van der Waals surface area contributed by atoms with Crippen LogP contribution in [0.1, 0.15) is 29.7 Å². The fraction of sp³-hybridized carbons (Fsp3) is 0.381. The summed E-state index contributed by atoms with van der Waals surface area (Å²) in [5.74, 6) is 0.338. The van der Waals surface area contributed by atoms with Crippen LogP contribution in [-0.4, -0.2) is 46.4 Å². The molecular formula is C21H29N3O4S. The van der Waals surface area contributed by atoms with E-state index in [0.29, 0.717) is 5.69 Å². The summed E-state index contributed by atoms with van der Waals surface area (Å²) in [6.07, 6.45) is 0. The lowest BCUT2D eigenvalue weighted by molar-refractivity contribution is -0.120. The van der Waals surface area contributed by atoms with Gasteiger partial charge in [0, 0.05) is 14.1 Å². The molecule has 0 bridgehead atoms. The highest BCUT2D eigenvalue weighted by molar-refractivity contribution is 7.90. The van der Waals surface area contributed by atoms with Gasteiger partial charge in [0.15, 0.2) is 0 Å². The van der Waals surface area contributed by atoms with E-state index in [9.17, 15) is 13.2 Å². The van der Waals surface area contributed by atoms with Crippen LogP contribution in [-0.2, 0) is 15.0 Å². The molecule has 2 aromatic rings. The van der Waals surface area contributed by atoms with Crippen LogP contribution in [0, 0.1) is 13.8 Å². The standard InChI is InChI=1S/C21H29N3O4S/c1-15-7-8-16(2)20(13-15)24(29(26,27)23(4)5)14-21(25)22-17(3)18-9-11-19(28-6)12-10-18/h7-13,17H,14H2,1-6H3,(H,22,25)/t17-/m0/s1. The number of nitrogens with zero attached hydrogens (tertiary/aromatic N) is 2. The molecule has 2 aromatic carbocycles. The Labute approximate surface area is 173 Å². The molecule has 0 saturated carbocycles. The van der Waals surface area contributed by atoms with E-state index in [-0.39, 0.29) is 18.5 Å². The van der Waals surface area contributed by atoms with E-state index >= 15 is 0 Å². The molecule has 8 heteroatoms. The average molecular weight is 420 g/mol. The molecule has 0 spiro atoms. The zero-order chi connectivity index (χ0) is 21.8. The molecule has 1 N–H and O–H groups in total. The van der Waals surface area contributed by atoms with Crippen LogP contribution in [0.25, 0.3) is 0 Å². The number of methoxy groups -OCH3 is 1. The molecule has 29 heavy (non-hydrogen) atoms. The number of nitrogens with one attached hydrogen (secondary N) is 1. The summed E-state index contributed by atoms with van der Waals surface area (Å²) < 4.78 is 33.2. The summed E-state index contributed by atoms with van der Waals surface area (Å²) in [6, 6.07) is 12.6. The Bertz CT molecular complexity index is 956. The van der Waals surface area contributed by atoms with Crippen molar-refractivity contribution in [3.05, 3.63) is 59.2 Å². The van der Waals surface area contributed by atoms with Crippen molar-refractivity contribution in [1.29, 1.82) is 0 Å². The van der Waals surface area contributed by atoms with Gasteiger partial charge in [0.05, 0.1) is 18.8 Å². The number of rotatable bonds is 8. The summed E-state index contributed by atoms with van der Waals surface area (Å²) in [6.45, 7) is 5.24. The molecule has 0 saturated heterocycles. The lowest BCUT2D eigenvalue weighted by Gasteiger charge is -2.29. The first kappa shape index (κ1) is 22.7. The van der Waals surface area contributed by atoms with Crippen molar-refractivity contribution in [3.8, 4) is 5.75 Å². The van der Waals surface area contributed by atoms with Crippen LogP contribution in [0.15, 0.2) is 42.5 Å². The lowest BCUT2D eigenvalue weighted by Crippen LogP contribution is -2.46. The number of carbonyl (C=O) groups is 1. The van der Waals surface area contributed by atoms with Gasteiger partial charge in [-0.15, -0.1) is 0 Å². The van der Waals surface area contributed by atoms with E-state index < -0.39 is 10.2 Å². The number of anilines is 1. The normalized spacial score (nSPS) is 12.5. The second kappa shape index (κ2) is 9.28. The van der Waals surface area contributed by atoms with Gasteiger partial charge in [0.1, 0.15) is 12.3 Å². The van der Waals surface area contributed by atoms with Crippen LogP contribution < -0.4 is 14.4 Å². The highest BCUT2D eigenvalue weighted by Gasteiger charge is 2.29. The monoisotopic (exact) mass is 419 g/mol. The zero-order valence-electron chi connectivity index (χ0n) is 17.8. The molecule has 0 fully saturated rings. The predicted molar refractivity (Wildman–Crippen MR) is 115 cm³/mol. The largest absolute Gasteiger partial charge is 0.497 e. The van der Waals surface area contributed by atoms with Crippen LogP contribution in [0.4, 0.5) is 5.69 Å². The van der Waals surface area contributed by atoms with Gasteiger partial charge in [-0.2, -0.15) is 12.7 Å². The molecule has 7 nitrogen and oxygen atoms in total. The molecule has 1 amide bonds. The molecule has 0 aliphatic rings. The molecule has 0 radical (unpaired) electrons. The second-order valence-electron chi connectivity index (χ2n) is 7.15.